The molecule has 0 spiro atoms. The van der Waals surface area contributed by atoms with Gasteiger partial charge in [0.2, 0.25) is 0 Å². The third kappa shape index (κ3) is 6.39. The van der Waals surface area contributed by atoms with Crippen LogP contribution >= 0.6 is 0 Å². The van der Waals surface area contributed by atoms with Crippen molar-refractivity contribution in [2.75, 3.05) is 34.0 Å². The molecule has 0 aliphatic heterocycles. The van der Waals surface area contributed by atoms with Gasteiger partial charge < -0.3 is 14.8 Å². The summed E-state index contributed by atoms with van der Waals surface area (Å²) in [7, 11) is 3.82. The second-order valence-electron chi connectivity index (χ2n) is 5.04. The lowest BCUT2D eigenvalue weighted by atomic mass is 9.90. The van der Waals surface area contributed by atoms with Gasteiger partial charge in [-0.2, -0.15) is 0 Å². The lowest BCUT2D eigenvalue weighted by Gasteiger charge is -2.24. The van der Waals surface area contributed by atoms with Crippen LogP contribution in [0.15, 0.2) is 0 Å². The van der Waals surface area contributed by atoms with Crippen molar-refractivity contribution in [2.45, 2.75) is 51.0 Å². The second-order valence-corrected chi connectivity index (χ2v) is 5.04. The third-order valence-electron chi connectivity index (χ3n) is 3.83. The maximum Gasteiger partial charge on any atom is 0.0700 e. The van der Waals surface area contributed by atoms with Crippen molar-refractivity contribution in [1.82, 2.24) is 5.32 Å². The molecule has 2 atom stereocenters. The molecule has 0 radical (unpaired) electrons. The highest BCUT2D eigenvalue weighted by atomic mass is 16.5. The monoisotopic (exact) mass is 243 g/mol. The largest absolute Gasteiger partial charge is 0.382 e. The van der Waals surface area contributed by atoms with Gasteiger partial charge in [-0.05, 0) is 38.6 Å². The van der Waals surface area contributed by atoms with Gasteiger partial charge in [0.15, 0.2) is 0 Å². The number of hydrogen-bond donors (Lipinski definition) is 1. The number of methoxy groups -OCH3 is 1. The quantitative estimate of drug-likeness (QED) is 0.525. The molecule has 1 N–H and O–H groups in total. The van der Waals surface area contributed by atoms with Crippen molar-refractivity contribution in [3.8, 4) is 0 Å². The van der Waals surface area contributed by atoms with Crippen molar-refractivity contribution in [1.29, 1.82) is 0 Å². The Balaban J connectivity index is 2.10. The van der Waals surface area contributed by atoms with Gasteiger partial charge in [0.05, 0.1) is 13.2 Å². The van der Waals surface area contributed by atoms with Gasteiger partial charge in [-0.25, -0.2) is 0 Å². The predicted molar refractivity (Wildman–Crippen MR) is 71.4 cm³/mol. The van der Waals surface area contributed by atoms with Crippen LogP contribution in [0.5, 0.6) is 0 Å². The lowest BCUT2D eigenvalue weighted by molar-refractivity contribution is 0.0663. The van der Waals surface area contributed by atoms with Crippen molar-refractivity contribution < 1.29 is 9.47 Å². The summed E-state index contributed by atoms with van der Waals surface area (Å²) in [6, 6.07) is 0.733. The van der Waals surface area contributed by atoms with E-state index in [1.54, 1.807) is 7.11 Å². The molecule has 0 saturated heterocycles. The van der Waals surface area contributed by atoms with E-state index in [-0.39, 0.29) is 0 Å². The minimum atomic E-state index is 0.711. The van der Waals surface area contributed by atoms with Crippen LogP contribution in [0.3, 0.4) is 0 Å². The average molecular weight is 243 g/mol. The summed E-state index contributed by atoms with van der Waals surface area (Å²) in [5, 5.41) is 3.49. The van der Waals surface area contributed by atoms with Gasteiger partial charge in [0, 0.05) is 19.8 Å². The molecule has 0 bridgehead atoms. The maximum atomic E-state index is 5.52. The normalized spacial score (nSPS) is 25.8. The summed E-state index contributed by atoms with van der Waals surface area (Å²) in [4.78, 5) is 0. The Hall–Kier alpha value is -0.120. The predicted octanol–water partition coefficient (Wildman–Crippen LogP) is 2.60. The van der Waals surface area contributed by atoms with E-state index in [0.29, 0.717) is 6.61 Å². The molecular formula is C14H29NO2. The Bertz CT molecular complexity index is 176. The van der Waals surface area contributed by atoms with E-state index in [2.05, 4.69) is 12.4 Å². The van der Waals surface area contributed by atoms with Crippen LogP contribution in [-0.2, 0) is 9.47 Å². The smallest absolute Gasteiger partial charge is 0.0700 e. The summed E-state index contributed by atoms with van der Waals surface area (Å²) in [6.45, 7) is 2.33. The Morgan fingerprint density at radius 3 is 2.65 bits per heavy atom. The number of ether oxygens (including phenoxy) is 2. The summed E-state index contributed by atoms with van der Waals surface area (Å²) in [5.74, 6) is 0.855. The van der Waals surface area contributed by atoms with E-state index in [1.807, 2.05) is 0 Å². The molecule has 1 aliphatic carbocycles. The molecule has 1 saturated carbocycles. The molecule has 0 aromatic carbocycles. The Labute approximate surface area is 106 Å². The van der Waals surface area contributed by atoms with Gasteiger partial charge in [-0.15, -0.1) is 0 Å². The molecule has 1 rings (SSSR count). The first-order chi connectivity index (χ1) is 8.38. The summed E-state index contributed by atoms with van der Waals surface area (Å²) in [6.07, 6.45) is 9.46. The van der Waals surface area contributed by atoms with Gasteiger partial charge in [0.25, 0.3) is 0 Å². The van der Waals surface area contributed by atoms with E-state index < -0.39 is 0 Å². The highest BCUT2D eigenvalue weighted by Crippen LogP contribution is 2.26. The second kappa shape index (κ2) is 9.86. The summed E-state index contributed by atoms with van der Waals surface area (Å²) in [5.41, 5.74) is 0. The standard InChI is InChI=1S/C14H29NO2/c1-15-14-9-5-3-4-7-13(14)8-6-10-17-12-11-16-2/h13-15H,3-12H2,1-2H3. The molecular weight excluding hydrogens is 214 g/mol. The minimum absolute atomic E-state index is 0.711. The van der Waals surface area contributed by atoms with Crippen LogP contribution in [0, 0.1) is 5.92 Å². The van der Waals surface area contributed by atoms with Crippen LogP contribution in [-0.4, -0.2) is 40.0 Å². The Morgan fingerprint density at radius 1 is 1.06 bits per heavy atom. The third-order valence-corrected chi connectivity index (χ3v) is 3.83. The molecule has 3 heteroatoms. The number of hydrogen-bond acceptors (Lipinski definition) is 3. The minimum Gasteiger partial charge on any atom is -0.382 e. The van der Waals surface area contributed by atoms with Crippen molar-refractivity contribution in [2.24, 2.45) is 5.92 Å². The highest BCUT2D eigenvalue weighted by molar-refractivity contribution is 4.78. The number of rotatable bonds is 8. The molecule has 0 amide bonds. The van der Waals surface area contributed by atoms with E-state index in [9.17, 15) is 0 Å². The highest BCUT2D eigenvalue weighted by Gasteiger charge is 2.21. The zero-order chi connectivity index (χ0) is 12.3. The van der Waals surface area contributed by atoms with Crippen molar-refractivity contribution >= 4 is 0 Å². The summed E-state index contributed by atoms with van der Waals surface area (Å²) < 4.78 is 10.5. The van der Waals surface area contributed by atoms with Gasteiger partial charge >= 0.3 is 0 Å². The molecule has 2 unspecified atom stereocenters. The van der Waals surface area contributed by atoms with Crippen molar-refractivity contribution in [3.05, 3.63) is 0 Å². The van der Waals surface area contributed by atoms with E-state index in [4.69, 9.17) is 9.47 Å². The molecule has 1 aliphatic rings. The SMILES string of the molecule is CNC1CCCCCC1CCCOCCOC. The fraction of sp³-hybridized carbons (Fsp3) is 1.00. The molecule has 0 aromatic heterocycles. The van der Waals surface area contributed by atoms with Crippen LogP contribution in [0.25, 0.3) is 0 Å². The molecule has 3 nitrogen and oxygen atoms in total. The van der Waals surface area contributed by atoms with Gasteiger partial charge in [-0.1, -0.05) is 19.3 Å². The molecule has 0 aromatic rings. The Morgan fingerprint density at radius 2 is 1.88 bits per heavy atom. The molecule has 1 fully saturated rings. The van der Waals surface area contributed by atoms with Crippen LogP contribution < -0.4 is 5.32 Å². The molecule has 17 heavy (non-hydrogen) atoms. The van der Waals surface area contributed by atoms with Crippen LogP contribution in [0.1, 0.15) is 44.9 Å². The zero-order valence-electron chi connectivity index (χ0n) is 11.5. The van der Waals surface area contributed by atoms with Gasteiger partial charge in [-0.3, -0.25) is 0 Å². The number of nitrogens with one attached hydrogen (secondary N) is 1. The Kier molecular flexibility index (Phi) is 8.67. The van der Waals surface area contributed by atoms with Crippen LogP contribution in [0.4, 0.5) is 0 Å². The van der Waals surface area contributed by atoms with E-state index >= 15 is 0 Å². The average Bonchev–Trinajstić information content (AvgIpc) is 2.58. The first kappa shape index (κ1) is 14.9. The topological polar surface area (TPSA) is 30.5 Å². The maximum absolute atomic E-state index is 5.52. The first-order valence-corrected chi connectivity index (χ1v) is 7.12. The lowest BCUT2D eigenvalue weighted by Crippen LogP contribution is -2.32. The van der Waals surface area contributed by atoms with Crippen LogP contribution in [0.2, 0.25) is 0 Å². The van der Waals surface area contributed by atoms with Crippen molar-refractivity contribution in [3.63, 3.8) is 0 Å². The van der Waals surface area contributed by atoms with E-state index in [0.717, 1.165) is 25.2 Å². The molecule has 0 heterocycles. The molecule has 102 valence electrons. The zero-order valence-corrected chi connectivity index (χ0v) is 11.5. The fourth-order valence-corrected chi connectivity index (χ4v) is 2.80. The fourth-order valence-electron chi connectivity index (χ4n) is 2.80. The van der Waals surface area contributed by atoms with E-state index in [1.165, 1.54) is 44.9 Å². The summed E-state index contributed by atoms with van der Waals surface area (Å²) >= 11 is 0. The van der Waals surface area contributed by atoms with Gasteiger partial charge in [0.1, 0.15) is 0 Å². The first-order valence-electron chi connectivity index (χ1n) is 7.12.